The van der Waals surface area contributed by atoms with Gasteiger partial charge in [0.2, 0.25) is 0 Å². The normalized spacial score (nSPS) is 16.2. The number of fused-ring (bicyclic) bond motifs is 1. The van der Waals surface area contributed by atoms with Crippen molar-refractivity contribution in [2.75, 3.05) is 24.6 Å². The van der Waals surface area contributed by atoms with E-state index in [1.807, 2.05) is 29.7 Å². The molecule has 2 aromatic heterocycles. The molecule has 5 nitrogen and oxygen atoms in total. The summed E-state index contributed by atoms with van der Waals surface area (Å²) in [5.41, 5.74) is 1.86. The predicted octanol–water partition coefficient (Wildman–Crippen LogP) is 1.72. The van der Waals surface area contributed by atoms with Crippen LogP contribution in [0.5, 0.6) is 0 Å². The van der Waals surface area contributed by atoms with Crippen LogP contribution in [0.1, 0.15) is 16.1 Å². The number of hydrogen-bond donors (Lipinski definition) is 0. The summed E-state index contributed by atoms with van der Waals surface area (Å²) in [6, 6.07) is 1.82. The average molecular weight is 263 g/mol. The van der Waals surface area contributed by atoms with Crippen molar-refractivity contribution >= 4 is 28.8 Å². The van der Waals surface area contributed by atoms with Crippen LogP contribution in [0.15, 0.2) is 16.8 Å². The van der Waals surface area contributed by atoms with Crippen LogP contribution in [0.2, 0.25) is 0 Å². The zero-order valence-corrected chi connectivity index (χ0v) is 10.9. The van der Waals surface area contributed by atoms with E-state index in [-0.39, 0.29) is 5.91 Å². The van der Waals surface area contributed by atoms with Crippen LogP contribution in [0, 0.1) is 6.92 Å². The highest BCUT2D eigenvalue weighted by Crippen LogP contribution is 2.19. The lowest BCUT2D eigenvalue weighted by molar-refractivity contribution is 0.0772. The van der Waals surface area contributed by atoms with Gasteiger partial charge in [0.1, 0.15) is 0 Å². The molecule has 2 aromatic rings. The second-order valence-corrected chi connectivity index (χ2v) is 5.47. The van der Waals surface area contributed by atoms with E-state index in [2.05, 4.69) is 10.1 Å². The Morgan fingerprint density at radius 3 is 3.00 bits per heavy atom. The number of aromatic nitrogens is 2. The molecular formula is C12H13N3O2S. The van der Waals surface area contributed by atoms with Crippen molar-refractivity contribution in [3.8, 4) is 0 Å². The van der Waals surface area contributed by atoms with E-state index in [4.69, 9.17) is 4.52 Å². The maximum Gasteiger partial charge on any atom is 0.257 e. The number of carbonyl (C=O) groups is 1. The van der Waals surface area contributed by atoms with Crippen molar-refractivity contribution in [3.05, 3.63) is 23.5 Å². The molecule has 1 fully saturated rings. The van der Waals surface area contributed by atoms with Gasteiger partial charge in [0.25, 0.3) is 11.6 Å². The van der Waals surface area contributed by atoms with Gasteiger partial charge < -0.3 is 9.42 Å². The molecule has 18 heavy (non-hydrogen) atoms. The van der Waals surface area contributed by atoms with Gasteiger partial charge in [-0.05, 0) is 13.0 Å². The van der Waals surface area contributed by atoms with E-state index in [1.54, 1.807) is 6.20 Å². The Morgan fingerprint density at radius 2 is 2.22 bits per heavy atom. The van der Waals surface area contributed by atoms with Gasteiger partial charge in [-0.1, -0.05) is 5.16 Å². The molecular weight excluding hydrogens is 250 g/mol. The Kier molecular flexibility index (Phi) is 2.95. The second kappa shape index (κ2) is 4.61. The number of nitrogens with zero attached hydrogens (tertiary/aromatic N) is 3. The summed E-state index contributed by atoms with van der Waals surface area (Å²) >= 11 is 1.88. The molecule has 3 heterocycles. The Bertz CT molecular complexity index is 590. The molecule has 6 heteroatoms. The van der Waals surface area contributed by atoms with E-state index >= 15 is 0 Å². The van der Waals surface area contributed by atoms with Crippen molar-refractivity contribution in [2.45, 2.75) is 6.92 Å². The first kappa shape index (κ1) is 11.5. The van der Waals surface area contributed by atoms with E-state index in [0.717, 1.165) is 35.7 Å². The molecule has 3 rings (SSSR count). The first-order chi connectivity index (χ1) is 8.75. The van der Waals surface area contributed by atoms with Crippen LogP contribution < -0.4 is 0 Å². The summed E-state index contributed by atoms with van der Waals surface area (Å²) in [4.78, 5) is 18.3. The third-order valence-corrected chi connectivity index (χ3v) is 4.00. The predicted molar refractivity (Wildman–Crippen MR) is 69.8 cm³/mol. The molecule has 94 valence electrons. The van der Waals surface area contributed by atoms with Crippen LogP contribution >= 0.6 is 11.8 Å². The Balaban J connectivity index is 1.93. The Morgan fingerprint density at radius 1 is 1.44 bits per heavy atom. The first-order valence-corrected chi connectivity index (χ1v) is 7.00. The summed E-state index contributed by atoms with van der Waals surface area (Å²) in [6.45, 7) is 3.47. The summed E-state index contributed by atoms with van der Waals surface area (Å²) < 4.78 is 5.04. The van der Waals surface area contributed by atoms with Crippen LogP contribution in [0.3, 0.4) is 0 Å². The van der Waals surface area contributed by atoms with Crippen LogP contribution in [-0.4, -0.2) is 45.5 Å². The molecule has 1 aliphatic heterocycles. The monoisotopic (exact) mass is 263 g/mol. The van der Waals surface area contributed by atoms with E-state index in [9.17, 15) is 4.79 Å². The standard InChI is InChI=1S/C12H13N3O2S/c1-8-10-6-9(7-13-11(10)17-14-8)12(16)15-2-4-18-5-3-15/h6-7H,2-5H2,1H3. The second-order valence-electron chi connectivity index (χ2n) is 4.25. The highest BCUT2D eigenvalue weighted by atomic mass is 32.2. The SMILES string of the molecule is Cc1noc2ncc(C(=O)N3CCSCC3)cc12. The van der Waals surface area contributed by atoms with Gasteiger partial charge in [0, 0.05) is 30.8 Å². The van der Waals surface area contributed by atoms with Crippen LogP contribution in [0.25, 0.3) is 11.1 Å². The average Bonchev–Trinajstić information content (AvgIpc) is 2.80. The van der Waals surface area contributed by atoms with Gasteiger partial charge >= 0.3 is 0 Å². The largest absolute Gasteiger partial charge is 0.337 e. The smallest absolute Gasteiger partial charge is 0.257 e. The lowest BCUT2D eigenvalue weighted by atomic mass is 10.2. The molecule has 1 amide bonds. The highest BCUT2D eigenvalue weighted by Gasteiger charge is 2.19. The van der Waals surface area contributed by atoms with Gasteiger partial charge in [-0.2, -0.15) is 11.8 Å². The van der Waals surface area contributed by atoms with Gasteiger partial charge in [0.15, 0.2) is 0 Å². The number of carbonyl (C=O) groups excluding carboxylic acids is 1. The molecule has 0 N–H and O–H groups in total. The number of rotatable bonds is 1. The van der Waals surface area contributed by atoms with E-state index in [1.165, 1.54) is 0 Å². The van der Waals surface area contributed by atoms with Crippen molar-refractivity contribution in [3.63, 3.8) is 0 Å². The molecule has 0 spiro atoms. The van der Waals surface area contributed by atoms with Crippen LogP contribution in [0.4, 0.5) is 0 Å². The van der Waals surface area contributed by atoms with Crippen LogP contribution in [-0.2, 0) is 0 Å². The molecule has 0 atom stereocenters. The molecule has 0 saturated carbocycles. The lowest BCUT2D eigenvalue weighted by Gasteiger charge is -2.26. The van der Waals surface area contributed by atoms with Gasteiger partial charge in [-0.3, -0.25) is 4.79 Å². The molecule has 1 aliphatic rings. The molecule has 0 aliphatic carbocycles. The molecule has 0 bridgehead atoms. The van der Waals surface area contributed by atoms with E-state index < -0.39 is 0 Å². The number of amides is 1. The molecule has 0 radical (unpaired) electrons. The number of aryl methyl sites for hydroxylation is 1. The fourth-order valence-electron chi connectivity index (χ4n) is 2.01. The van der Waals surface area contributed by atoms with Crippen molar-refractivity contribution in [2.24, 2.45) is 0 Å². The topological polar surface area (TPSA) is 59.2 Å². The minimum atomic E-state index is 0.0466. The molecule has 0 unspecified atom stereocenters. The van der Waals surface area contributed by atoms with Crippen molar-refractivity contribution in [1.29, 1.82) is 0 Å². The number of hydrogen-bond acceptors (Lipinski definition) is 5. The van der Waals surface area contributed by atoms with Crippen molar-refractivity contribution in [1.82, 2.24) is 15.0 Å². The Hall–Kier alpha value is -1.56. The summed E-state index contributed by atoms with van der Waals surface area (Å²) in [7, 11) is 0. The summed E-state index contributed by atoms with van der Waals surface area (Å²) in [6.07, 6.45) is 1.57. The zero-order valence-electron chi connectivity index (χ0n) is 10.0. The van der Waals surface area contributed by atoms with Gasteiger partial charge in [0.05, 0.1) is 16.6 Å². The third-order valence-electron chi connectivity index (χ3n) is 3.06. The Labute approximate surface area is 109 Å². The fourth-order valence-corrected chi connectivity index (χ4v) is 2.91. The summed E-state index contributed by atoms with van der Waals surface area (Å²) in [5, 5.41) is 4.66. The number of thioether (sulfide) groups is 1. The fraction of sp³-hybridized carbons (Fsp3) is 0.417. The molecule has 1 saturated heterocycles. The third kappa shape index (κ3) is 1.96. The van der Waals surface area contributed by atoms with E-state index in [0.29, 0.717) is 11.3 Å². The molecule has 0 aromatic carbocycles. The minimum Gasteiger partial charge on any atom is -0.337 e. The maximum absolute atomic E-state index is 12.3. The maximum atomic E-state index is 12.3. The van der Waals surface area contributed by atoms with Gasteiger partial charge in [-0.15, -0.1) is 0 Å². The summed E-state index contributed by atoms with van der Waals surface area (Å²) in [5.74, 6) is 2.06. The zero-order chi connectivity index (χ0) is 12.5. The highest BCUT2D eigenvalue weighted by molar-refractivity contribution is 7.99. The number of pyridine rings is 1. The minimum absolute atomic E-state index is 0.0466. The van der Waals surface area contributed by atoms with Gasteiger partial charge in [-0.25, -0.2) is 4.98 Å². The van der Waals surface area contributed by atoms with Crippen molar-refractivity contribution < 1.29 is 9.32 Å². The first-order valence-electron chi connectivity index (χ1n) is 5.85. The lowest BCUT2D eigenvalue weighted by Crippen LogP contribution is -2.37. The quantitative estimate of drug-likeness (QED) is 0.784.